The SMILES string of the molecule is CN(C)C(=O)COc1ccc(NC(=O)c2ccc(Cl)c(S(=O)(=O)N3CCCCCC3)c2)cc1. The van der Waals surface area contributed by atoms with Crippen molar-refractivity contribution < 1.29 is 22.7 Å². The molecule has 33 heavy (non-hydrogen) atoms. The van der Waals surface area contributed by atoms with Gasteiger partial charge >= 0.3 is 0 Å². The summed E-state index contributed by atoms with van der Waals surface area (Å²) in [6.07, 6.45) is 3.61. The molecule has 0 aromatic heterocycles. The lowest BCUT2D eigenvalue weighted by Crippen LogP contribution is -2.32. The smallest absolute Gasteiger partial charge is 0.259 e. The summed E-state index contributed by atoms with van der Waals surface area (Å²) in [6.45, 7) is 0.811. The van der Waals surface area contributed by atoms with Gasteiger partial charge in [0.05, 0.1) is 5.02 Å². The van der Waals surface area contributed by atoms with Crippen LogP contribution in [-0.2, 0) is 14.8 Å². The van der Waals surface area contributed by atoms with Gasteiger partial charge in [-0.2, -0.15) is 4.31 Å². The number of sulfonamides is 1. The molecule has 178 valence electrons. The molecule has 2 amide bonds. The van der Waals surface area contributed by atoms with Gasteiger partial charge in [0, 0.05) is 38.4 Å². The van der Waals surface area contributed by atoms with Crippen LogP contribution >= 0.6 is 11.6 Å². The summed E-state index contributed by atoms with van der Waals surface area (Å²) in [5, 5.41) is 2.82. The lowest BCUT2D eigenvalue weighted by Gasteiger charge is -2.21. The molecule has 8 nitrogen and oxygen atoms in total. The van der Waals surface area contributed by atoms with Gasteiger partial charge in [-0.3, -0.25) is 9.59 Å². The van der Waals surface area contributed by atoms with Crippen molar-refractivity contribution in [2.45, 2.75) is 30.6 Å². The number of ether oxygens (including phenoxy) is 1. The van der Waals surface area contributed by atoms with Crippen molar-refractivity contribution in [3.8, 4) is 5.75 Å². The molecule has 0 saturated carbocycles. The molecule has 10 heteroatoms. The lowest BCUT2D eigenvalue weighted by molar-refractivity contribution is -0.130. The molecule has 1 aliphatic heterocycles. The highest BCUT2D eigenvalue weighted by atomic mass is 35.5. The predicted molar refractivity (Wildman–Crippen MR) is 127 cm³/mol. The molecule has 0 radical (unpaired) electrons. The summed E-state index contributed by atoms with van der Waals surface area (Å²) in [7, 11) is -0.507. The second-order valence-corrected chi connectivity index (χ2v) is 10.3. The molecular formula is C23H28ClN3O5S. The Hall–Kier alpha value is -2.62. The molecule has 1 heterocycles. The highest BCUT2D eigenvalue weighted by Crippen LogP contribution is 2.28. The average molecular weight is 494 g/mol. The number of anilines is 1. The van der Waals surface area contributed by atoms with E-state index in [0.29, 0.717) is 24.5 Å². The number of hydrogen-bond donors (Lipinski definition) is 1. The van der Waals surface area contributed by atoms with Gasteiger partial charge in [0.2, 0.25) is 10.0 Å². The highest BCUT2D eigenvalue weighted by molar-refractivity contribution is 7.89. The summed E-state index contributed by atoms with van der Waals surface area (Å²) in [4.78, 5) is 25.8. The minimum Gasteiger partial charge on any atom is -0.484 e. The van der Waals surface area contributed by atoms with Crippen molar-refractivity contribution >= 4 is 39.1 Å². The Morgan fingerprint density at radius 3 is 2.27 bits per heavy atom. The number of likely N-dealkylation sites (N-methyl/N-ethyl adjacent to an activating group) is 1. The van der Waals surface area contributed by atoms with Crippen LogP contribution in [0.3, 0.4) is 0 Å². The predicted octanol–water partition coefficient (Wildman–Crippen LogP) is 3.62. The second kappa shape index (κ2) is 11.0. The fourth-order valence-electron chi connectivity index (χ4n) is 3.38. The maximum Gasteiger partial charge on any atom is 0.259 e. The number of carbonyl (C=O) groups excluding carboxylic acids is 2. The monoisotopic (exact) mass is 493 g/mol. The van der Waals surface area contributed by atoms with Crippen molar-refractivity contribution in [2.24, 2.45) is 0 Å². The maximum absolute atomic E-state index is 13.2. The molecular weight excluding hydrogens is 466 g/mol. The molecule has 0 aliphatic carbocycles. The van der Waals surface area contributed by atoms with Gasteiger partial charge in [-0.25, -0.2) is 8.42 Å². The van der Waals surface area contributed by atoms with Gasteiger partial charge in [-0.15, -0.1) is 0 Å². The molecule has 3 rings (SSSR count). The van der Waals surface area contributed by atoms with E-state index in [4.69, 9.17) is 16.3 Å². The van der Waals surface area contributed by atoms with E-state index in [1.54, 1.807) is 38.4 Å². The van der Waals surface area contributed by atoms with Crippen LogP contribution < -0.4 is 10.1 Å². The number of carbonyl (C=O) groups is 2. The van der Waals surface area contributed by atoms with E-state index < -0.39 is 15.9 Å². The van der Waals surface area contributed by atoms with E-state index in [-0.39, 0.29) is 28.0 Å². The Bertz CT molecular complexity index is 1100. The van der Waals surface area contributed by atoms with Crippen LogP contribution in [0.2, 0.25) is 5.02 Å². The van der Waals surface area contributed by atoms with Gasteiger partial charge in [0.25, 0.3) is 11.8 Å². The van der Waals surface area contributed by atoms with E-state index in [1.807, 2.05) is 0 Å². The van der Waals surface area contributed by atoms with Crippen molar-refractivity contribution in [3.05, 3.63) is 53.1 Å². The first-order chi connectivity index (χ1) is 15.7. The maximum atomic E-state index is 13.2. The first kappa shape index (κ1) is 25.0. The second-order valence-electron chi connectivity index (χ2n) is 8.02. The van der Waals surface area contributed by atoms with Crippen LogP contribution in [-0.4, -0.2) is 63.2 Å². The zero-order chi connectivity index (χ0) is 24.0. The van der Waals surface area contributed by atoms with E-state index in [1.165, 1.54) is 27.4 Å². The van der Waals surface area contributed by atoms with Crippen LogP contribution in [0.25, 0.3) is 0 Å². The molecule has 1 saturated heterocycles. The molecule has 0 unspecified atom stereocenters. The standard InChI is InChI=1S/C23H28ClN3O5S/c1-26(2)22(28)16-32-19-10-8-18(9-11-19)25-23(29)17-7-12-20(24)21(15-17)33(30,31)27-13-5-3-4-6-14-27/h7-12,15H,3-6,13-14,16H2,1-2H3,(H,25,29). The third kappa shape index (κ3) is 6.46. The van der Waals surface area contributed by atoms with Crippen molar-refractivity contribution in [1.82, 2.24) is 9.21 Å². The third-order valence-corrected chi connectivity index (χ3v) is 7.73. The molecule has 1 fully saturated rings. The number of rotatable bonds is 7. The summed E-state index contributed by atoms with van der Waals surface area (Å²) < 4.78 is 33.2. The fraction of sp³-hybridized carbons (Fsp3) is 0.391. The van der Waals surface area contributed by atoms with Crippen LogP contribution in [0, 0.1) is 0 Å². The molecule has 2 aromatic rings. The van der Waals surface area contributed by atoms with Crippen LogP contribution in [0.4, 0.5) is 5.69 Å². The minimum absolute atomic E-state index is 0.0620. The Kier molecular flexibility index (Phi) is 8.34. The number of benzene rings is 2. The Morgan fingerprint density at radius 1 is 1.03 bits per heavy atom. The molecule has 0 atom stereocenters. The summed E-state index contributed by atoms with van der Waals surface area (Å²) >= 11 is 6.22. The van der Waals surface area contributed by atoms with Crippen molar-refractivity contribution in [2.75, 3.05) is 39.1 Å². The topological polar surface area (TPSA) is 96.0 Å². The first-order valence-electron chi connectivity index (χ1n) is 10.7. The third-order valence-electron chi connectivity index (χ3n) is 5.35. The lowest BCUT2D eigenvalue weighted by atomic mass is 10.2. The average Bonchev–Trinajstić information content (AvgIpc) is 3.08. The molecule has 0 spiro atoms. The highest BCUT2D eigenvalue weighted by Gasteiger charge is 2.28. The quantitative estimate of drug-likeness (QED) is 0.635. The zero-order valence-corrected chi connectivity index (χ0v) is 20.3. The van der Waals surface area contributed by atoms with Crippen LogP contribution in [0.1, 0.15) is 36.0 Å². The summed E-state index contributed by atoms with van der Waals surface area (Å²) in [6, 6.07) is 10.8. The van der Waals surface area contributed by atoms with Crippen molar-refractivity contribution in [3.63, 3.8) is 0 Å². The zero-order valence-electron chi connectivity index (χ0n) is 18.7. The first-order valence-corrected chi connectivity index (χ1v) is 12.5. The Balaban J connectivity index is 1.71. The van der Waals surface area contributed by atoms with Crippen LogP contribution in [0.5, 0.6) is 5.75 Å². The number of nitrogens with one attached hydrogen (secondary N) is 1. The van der Waals surface area contributed by atoms with Crippen LogP contribution in [0.15, 0.2) is 47.4 Å². The van der Waals surface area contributed by atoms with Gasteiger partial charge in [-0.1, -0.05) is 24.4 Å². The molecule has 1 aliphatic rings. The van der Waals surface area contributed by atoms with Gasteiger partial charge in [-0.05, 0) is 55.3 Å². The summed E-state index contributed by atoms with van der Waals surface area (Å²) in [5.41, 5.74) is 0.683. The van der Waals surface area contributed by atoms with Gasteiger partial charge < -0.3 is 15.0 Å². The van der Waals surface area contributed by atoms with Gasteiger partial charge in [0.1, 0.15) is 10.6 Å². The molecule has 0 bridgehead atoms. The van der Waals surface area contributed by atoms with E-state index >= 15 is 0 Å². The molecule has 1 N–H and O–H groups in total. The Labute approximate surface area is 199 Å². The fourth-order valence-corrected chi connectivity index (χ4v) is 5.39. The number of hydrogen-bond acceptors (Lipinski definition) is 5. The molecule has 2 aromatic carbocycles. The number of amides is 2. The van der Waals surface area contributed by atoms with Crippen molar-refractivity contribution in [1.29, 1.82) is 0 Å². The number of nitrogens with zero attached hydrogens (tertiary/aromatic N) is 2. The van der Waals surface area contributed by atoms with Gasteiger partial charge in [0.15, 0.2) is 6.61 Å². The van der Waals surface area contributed by atoms with E-state index in [0.717, 1.165) is 25.7 Å². The summed E-state index contributed by atoms with van der Waals surface area (Å²) in [5.74, 6) is -0.142. The minimum atomic E-state index is -3.80. The largest absolute Gasteiger partial charge is 0.484 e. The number of halogens is 1. The van der Waals surface area contributed by atoms with E-state index in [9.17, 15) is 18.0 Å². The van der Waals surface area contributed by atoms with E-state index in [2.05, 4.69) is 5.32 Å². The Morgan fingerprint density at radius 2 is 1.67 bits per heavy atom. The normalized spacial score (nSPS) is 14.9.